The van der Waals surface area contributed by atoms with Gasteiger partial charge < -0.3 is 9.64 Å². The molecule has 0 N–H and O–H groups in total. The Morgan fingerprint density at radius 3 is 2.69 bits per heavy atom. The van der Waals surface area contributed by atoms with Gasteiger partial charge in [0.25, 0.3) is 11.5 Å². The second kappa shape index (κ2) is 6.63. The molecule has 0 bridgehead atoms. The molecule has 2 heterocycles. The molecule has 1 aliphatic rings. The van der Waals surface area contributed by atoms with Crippen LogP contribution < -0.4 is 10.3 Å². The lowest BCUT2D eigenvalue weighted by atomic mass is 10.1. The molecule has 26 heavy (non-hydrogen) atoms. The van der Waals surface area contributed by atoms with E-state index in [-0.39, 0.29) is 11.5 Å². The van der Waals surface area contributed by atoms with Gasteiger partial charge in [-0.2, -0.15) is 0 Å². The first-order valence-corrected chi connectivity index (χ1v) is 8.62. The number of aromatic nitrogens is 2. The van der Waals surface area contributed by atoms with E-state index in [2.05, 4.69) is 4.98 Å². The molecule has 6 nitrogen and oxygen atoms in total. The van der Waals surface area contributed by atoms with Gasteiger partial charge >= 0.3 is 0 Å². The number of rotatable bonds is 3. The number of fused-ring (bicyclic) bond motifs is 1. The Labute approximate surface area is 150 Å². The number of methoxy groups -OCH3 is 1. The van der Waals surface area contributed by atoms with E-state index in [9.17, 15) is 9.59 Å². The smallest absolute Gasteiger partial charge is 0.265 e. The highest BCUT2D eigenvalue weighted by molar-refractivity contribution is 5.97. The van der Waals surface area contributed by atoms with E-state index in [0.717, 1.165) is 25.9 Å². The summed E-state index contributed by atoms with van der Waals surface area (Å²) in [5.74, 6) is 0.671. The van der Waals surface area contributed by atoms with Gasteiger partial charge in [0.1, 0.15) is 12.1 Å². The number of likely N-dealkylation sites (tertiary alicyclic amines) is 1. The van der Waals surface area contributed by atoms with Crippen molar-refractivity contribution in [2.45, 2.75) is 12.8 Å². The maximum absolute atomic E-state index is 12.9. The van der Waals surface area contributed by atoms with Crippen molar-refractivity contribution in [3.8, 4) is 11.4 Å². The largest absolute Gasteiger partial charge is 0.497 e. The van der Waals surface area contributed by atoms with Crippen molar-refractivity contribution in [2.24, 2.45) is 0 Å². The predicted molar refractivity (Wildman–Crippen MR) is 99.0 cm³/mol. The minimum atomic E-state index is -0.177. The number of benzene rings is 2. The molecule has 1 amide bonds. The van der Waals surface area contributed by atoms with Crippen LogP contribution in [0.4, 0.5) is 0 Å². The van der Waals surface area contributed by atoms with E-state index < -0.39 is 0 Å². The third-order valence-corrected chi connectivity index (χ3v) is 4.73. The summed E-state index contributed by atoms with van der Waals surface area (Å²) in [6.07, 6.45) is 3.58. The summed E-state index contributed by atoms with van der Waals surface area (Å²) in [6.45, 7) is 1.59. The van der Waals surface area contributed by atoms with E-state index in [0.29, 0.717) is 27.9 Å². The molecule has 0 radical (unpaired) electrons. The fraction of sp³-hybridized carbons (Fsp3) is 0.250. The SMILES string of the molecule is COc1cccc(-n2cnc3cc(C(=O)N4CCCC4)ccc3c2=O)c1. The van der Waals surface area contributed by atoms with Crippen molar-refractivity contribution in [2.75, 3.05) is 20.2 Å². The van der Waals surface area contributed by atoms with Gasteiger partial charge in [-0.05, 0) is 43.2 Å². The van der Waals surface area contributed by atoms with Crippen LogP contribution in [0.3, 0.4) is 0 Å². The van der Waals surface area contributed by atoms with Crippen molar-refractivity contribution in [3.63, 3.8) is 0 Å². The molecular weight excluding hydrogens is 330 g/mol. The Kier molecular flexibility index (Phi) is 4.16. The number of hydrogen-bond donors (Lipinski definition) is 0. The number of ether oxygens (including phenoxy) is 1. The fourth-order valence-electron chi connectivity index (χ4n) is 3.30. The minimum absolute atomic E-state index is 0.00294. The van der Waals surface area contributed by atoms with Crippen LogP contribution >= 0.6 is 0 Å². The van der Waals surface area contributed by atoms with Crippen molar-refractivity contribution in [1.29, 1.82) is 0 Å². The first-order chi connectivity index (χ1) is 12.7. The molecule has 6 heteroatoms. The summed E-state index contributed by atoms with van der Waals surface area (Å²) in [5.41, 5.74) is 1.61. The monoisotopic (exact) mass is 349 g/mol. The van der Waals surface area contributed by atoms with Gasteiger partial charge in [0.15, 0.2) is 0 Å². The Hall–Kier alpha value is -3.15. The molecule has 0 aliphatic carbocycles. The van der Waals surface area contributed by atoms with Crippen molar-refractivity contribution in [3.05, 3.63) is 64.7 Å². The quantitative estimate of drug-likeness (QED) is 0.729. The van der Waals surface area contributed by atoms with E-state index in [4.69, 9.17) is 4.74 Å². The van der Waals surface area contributed by atoms with E-state index in [1.807, 2.05) is 23.1 Å². The van der Waals surface area contributed by atoms with Crippen LogP contribution in [0.15, 0.2) is 53.6 Å². The Bertz CT molecular complexity index is 1040. The topological polar surface area (TPSA) is 64.4 Å². The average molecular weight is 349 g/mol. The van der Waals surface area contributed by atoms with Gasteiger partial charge in [-0.1, -0.05) is 6.07 Å². The minimum Gasteiger partial charge on any atom is -0.497 e. The molecule has 1 aliphatic heterocycles. The van der Waals surface area contributed by atoms with Crippen LogP contribution in [-0.2, 0) is 0 Å². The zero-order chi connectivity index (χ0) is 18.1. The highest BCUT2D eigenvalue weighted by Crippen LogP contribution is 2.18. The van der Waals surface area contributed by atoms with Crippen LogP contribution in [0.5, 0.6) is 5.75 Å². The van der Waals surface area contributed by atoms with Crippen LogP contribution in [0.1, 0.15) is 23.2 Å². The summed E-state index contributed by atoms with van der Waals surface area (Å²) in [6, 6.07) is 12.3. The van der Waals surface area contributed by atoms with Crippen molar-refractivity contribution < 1.29 is 9.53 Å². The normalized spacial score (nSPS) is 14.0. The van der Waals surface area contributed by atoms with Gasteiger partial charge in [0.05, 0.1) is 23.7 Å². The summed E-state index contributed by atoms with van der Waals surface area (Å²) >= 11 is 0. The summed E-state index contributed by atoms with van der Waals surface area (Å²) < 4.78 is 6.70. The van der Waals surface area contributed by atoms with Gasteiger partial charge in [-0.3, -0.25) is 14.2 Å². The second-order valence-electron chi connectivity index (χ2n) is 6.35. The van der Waals surface area contributed by atoms with Crippen LogP contribution in [0, 0.1) is 0 Å². The fourth-order valence-corrected chi connectivity index (χ4v) is 3.30. The molecule has 2 aromatic carbocycles. The van der Waals surface area contributed by atoms with Gasteiger partial charge in [-0.15, -0.1) is 0 Å². The maximum atomic E-state index is 12.9. The summed E-state index contributed by atoms with van der Waals surface area (Å²) in [4.78, 5) is 31.6. The van der Waals surface area contributed by atoms with Gasteiger partial charge in [-0.25, -0.2) is 4.98 Å². The Morgan fingerprint density at radius 2 is 1.92 bits per heavy atom. The standard InChI is InChI=1S/C20H19N3O3/c1-26-16-6-4-5-15(12-16)23-13-21-18-11-14(7-8-17(18)20(23)25)19(24)22-9-2-3-10-22/h4-8,11-13H,2-3,9-10H2,1H3. The van der Waals surface area contributed by atoms with Crippen LogP contribution in [0.25, 0.3) is 16.6 Å². The number of carbonyl (C=O) groups excluding carboxylic acids is 1. The predicted octanol–water partition coefficient (Wildman–Crippen LogP) is 2.63. The molecule has 1 aromatic heterocycles. The van der Waals surface area contributed by atoms with E-state index in [1.165, 1.54) is 10.9 Å². The van der Waals surface area contributed by atoms with E-state index in [1.54, 1.807) is 31.4 Å². The van der Waals surface area contributed by atoms with E-state index >= 15 is 0 Å². The Balaban J connectivity index is 1.75. The number of amides is 1. The van der Waals surface area contributed by atoms with Crippen molar-refractivity contribution >= 4 is 16.8 Å². The molecule has 0 atom stereocenters. The molecule has 4 rings (SSSR count). The molecule has 0 unspecified atom stereocenters. The van der Waals surface area contributed by atoms with Crippen molar-refractivity contribution in [1.82, 2.24) is 14.5 Å². The molecular formula is C20H19N3O3. The Morgan fingerprint density at radius 1 is 1.12 bits per heavy atom. The number of carbonyl (C=O) groups is 1. The first-order valence-electron chi connectivity index (χ1n) is 8.62. The lowest BCUT2D eigenvalue weighted by Crippen LogP contribution is -2.27. The number of nitrogens with zero attached hydrogens (tertiary/aromatic N) is 3. The van der Waals surface area contributed by atoms with Gasteiger partial charge in [0.2, 0.25) is 0 Å². The molecule has 1 saturated heterocycles. The third kappa shape index (κ3) is 2.83. The number of hydrogen-bond acceptors (Lipinski definition) is 4. The zero-order valence-electron chi connectivity index (χ0n) is 14.5. The average Bonchev–Trinajstić information content (AvgIpc) is 3.22. The van der Waals surface area contributed by atoms with Crippen LogP contribution in [-0.4, -0.2) is 40.6 Å². The highest BCUT2D eigenvalue weighted by atomic mass is 16.5. The lowest BCUT2D eigenvalue weighted by Gasteiger charge is -2.15. The first kappa shape index (κ1) is 16.3. The molecule has 3 aromatic rings. The third-order valence-electron chi connectivity index (χ3n) is 4.73. The summed E-state index contributed by atoms with van der Waals surface area (Å²) in [7, 11) is 1.58. The molecule has 0 spiro atoms. The maximum Gasteiger partial charge on any atom is 0.265 e. The molecule has 0 saturated carbocycles. The second-order valence-corrected chi connectivity index (χ2v) is 6.35. The molecule has 1 fully saturated rings. The van der Waals surface area contributed by atoms with Gasteiger partial charge in [0, 0.05) is 24.7 Å². The molecule has 132 valence electrons. The highest BCUT2D eigenvalue weighted by Gasteiger charge is 2.20. The zero-order valence-corrected chi connectivity index (χ0v) is 14.5. The summed E-state index contributed by atoms with van der Waals surface area (Å²) in [5, 5.41) is 0.480. The lowest BCUT2D eigenvalue weighted by molar-refractivity contribution is 0.0793. The van der Waals surface area contributed by atoms with Crippen LogP contribution in [0.2, 0.25) is 0 Å².